The maximum Gasteiger partial charge on any atom is 0.154 e. The highest BCUT2D eigenvalue weighted by Crippen LogP contribution is 2.44. The molecule has 0 atom stereocenters. The van der Waals surface area contributed by atoms with Crippen LogP contribution in [-0.2, 0) is 0 Å². The van der Waals surface area contributed by atoms with Crippen molar-refractivity contribution in [3.05, 3.63) is 72.3 Å². The van der Waals surface area contributed by atoms with Crippen LogP contribution in [0, 0.1) is 11.3 Å². The number of hydrogen-bond acceptors (Lipinski definition) is 5. The van der Waals surface area contributed by atoms with E-state index in [-0.39, 0.29) is 0 Å². The average Bonchev–Trinajstić information content (AvgIpc) is 3.59. The summed E-state index contributed by atoms with van der Waals surface area (Å²) in [6.07, 6.45) is 7.65. The van der Waals surface area contributed by atoms with Gasteiger partial charge in [0.25, 0.3) is 0 Å². The molecule has 206 valence electrons. The SMILES string of the molecule is N#Cc1cc2oc3cc4cc(N5CCCCC5)ccc4cc3c2c2c1oc1cc3cc(N4CCCCC4)ccc3cc12. The first kappa shape index (κ1) is 24.0. The fraction of sp³-hybridized carbons (Fsp3) is 0.270. The summed E-state index contributed by atoms with van der Waals surface area (Å²) >= 11 is 0. The fourth-order valence-corrected chi connectivity index (χ4v) is 7.45. The molecule has 7 aromatic rings. The summed E-state index contributed by atoms with van der Waals surface area (Å²) in [5, 5.41) is 18.9. The molecule has 0 amide bonds. The number of nitriles is 1. The molecule has 0 aliphatic carbocycles. The van der Waals surface area contributed by atoms with Crippen molar-refractivity contribution in [1.29, 1.82) is 5.26 Å². The molecular weight excluding hydrogens is 518 g/mol. The summed E-state index contributed by atoms with van der Waals surface area (Å²) in [6.45, 7) is 4.47. The Morgan fingerprint density at radius 1 is 0.524 bits per heavy atom. The highest BCUT2D eigenvalue weighted by atomic mass is 16.3. The van der Waals surface area contributed by atoms with E-state index < -0.39 is 0 Å². The van der Waals surface area contributed by atoms with Gasteiger partial charge in [0.05, 0.1) is 5.56 Å². The van der Waals surface area contributed by atoms with Gasteiger partial charge in [-0.25, -0.2) is 0 Å². The highest BCUT2D eigenvalue weighted by molar-refractivity contribution is 6.28. The molecule has 2 fully saturated rings. The van der Waals surface area contributed by atoms with E-state index in [4.69, 9.17) is 8.83 Å². The van der Waals surface area contributed by atoms with E-state index >= 15 is 0 Å². The summed E-state index contributed by atoms with van der Waals surface area (Å²) < 4.78 is 13.0. The lowest BCUT2D eigenvalue weighted by molar-refractivity contribution is 0.578. The van der Waals surface area contributed by atoms with Gasteiger partial charge in [-0.2, -0.15) is 5.26 Å². The Labute approximate surface area is 243 Å². The molecule has 0 bridgehead atoms. The van der Waals surface area contributed by atoms with Gasteiger partial charge in [-0.05, 0) is 109 Å². The Morgan fingerprint density at radius 3 is 1.64 bits per heavy atom. The number of benzene rings is 5. The minimum atomic E-state index is 0.503. The maximum atomic E-state index is 10.1. The first-order valence-corrected chi connectivity index (χ1v) is 15.4. The third kappa shape index (κ3) is 3.61. The van der Waals surface area contributed by atoms with Gasteiger partial charge in [-0.1, -0.05) is 12.1 Å². The van der Waals surface area contributed by atoms with Crippen LogP contribution in [0.1, 0.15) is 44.1 Å². The van der Waals surface area contributed by atoms with Crippen molar-refractivity contribution in [2.75, 3.05) is 36.0 Å². The lowest BCUT2D eigenvalue weighted by Gasteiger charge is -2.29. The first-order chi connectivity index (χ1) is 20.7. The molecule has 0 N–H and O–H groups in total. The normalized spacial score (nSPS) is 16.5. The number of rotatable bonds is 2. The first-order valence-electron chi connectivity index (χ1n) is 15.4. The molecular formula is C37H31N3O2. The summed E-state index contributed by atoms with van der Waals surface area (Å²) in [6, 6.07) is 26.5. The minimum Gasteiger partial charge on any atom is -0.456 e. The molecule has 2 aliphatic rings. The van der Waals surface area contributed by atoms with Crippen molar-refractivity contribution in [2.24, 2.45) is 0 Å². The van der Waals surface area contributed by atoms with Crippen LogP contribution in [-0.4, -0.2) is 26.2 Å². The molecule has 42 heavy (non-hydrogen) atoms. The molecule has 5 nitrogen and oxygen atoms in total. The average molecular weight is 550 g/mol. The zero-order valence-corrected chi connectivity index (χ0v) is 23.6. The highest BCUT2D eigenvalue weighted by Gasteiger charge is 2.21. The number of fused-ring (bicyclic) bond motifs is 9. The number of hydrogen-bond donors (Lipinski definition) is 0. The summed E-state index contributed by atoms with van der Waals surface area (Å²) in [5.74, 6) is 0. The van der Waals surface area contributed by atoms with Crippen LogP contribution in [0.15, 0.2) is 75.6 Å². The van der Waals surface area contributed by atoms with Crippen LogP contribution in [0.5, 0.6) is 0 Å². The quantitative estimate of drug-likeness (QED) is 0.215. The molecule has 5 aromatic carbocycles. The van der Waals surface area contributed by atoms with Crippen molar-refractivity contribution >= 4 is 76.8 Å². The third-order valence-electron chi connectivity index (χ3n) is 9.62. The minimum absolute atomic E-state index is 0.503. The zero-order chi connectivity index (χ0) is 27.8. The number of piperidine rings is 2. The van der Waals surface area contributed by atoms with Crippen LogP contribution in [0.4, 0.5) is 11.4 Å². The molecule has 0 saturated carbocycles. The second-order valence-electron chi connectivity index (χ2n) is 12.2. The Bertz CT molecular complexity index is 2240. The van der Waals surface area contributed by atoms with Crippen LogP contribution in [0.25, 0.3) is 65.4 Å². The van der Waals surface area contributed by atoms with E-state index in [1.54, 1.807) is 0 Å². The zero-order valence-electron chi connectivity index (χ0n) is 23.6. The standard InChI is InChI=1S/C37H31N3O2/c38-22-27-21-34-35(30-17-23-7-9-28(39-11-3-1-4-12-39)15-25(23)19-32(30)41-34)36-31-18-24-8-10-29(40-13-5-2-6-14-40)16-26(24)20-33(31)42-37(27)36/h7-10,15-21H,1-6,11-14H2. The lowest BCUT2D eigenvalue weighted by atomic mass is 9.99. The predicted octanol–water partition coefficient (Wildman–Crippen LogP) is 9.64. The van der Waals surface area contributed by atoms with Crippen molar-refractivity contribution in [3.8, 4) is 6.07 Å². The van der Waals surface area contributed by atoms with Crippen LogP contribution in [0.3, 0.4) is 0 Å². The van der Waals surface area contributed by atoms with Crippen molar-refractivity contribution < 1.29 is 8.83 Å². The van der Waals surface area contributed by atoms with Crippen molar-refractivity contribution in [2.45, 2.75) is 38.5 Å². The van der Waals surface area contributed by atoms with Gasteiger partial charge in [0.1, 0.15) is 22.8 Å². The lowest BCUT2D eigenvalue weighted by Crippen LogP contribution is -2.29. The second-order valence-corrected chi connectivity index (χ2v) is 12.2. The maximum absolute atomic E-state index is 10.1. The number of anilines is 2. The Kier molecular flexibility index (Phi) is 5.22. The number of furan rings is 2. The van der Waals surface area contributed by atoms with Gasteiger partial charge in [0.2, 0.25) is 0 Å². The Hall–Kier alpha value is -4.69. The van der Waals surface area contributed by atoms with Crippen LogP contribution < -0.4 is 9.80 Å². The van der Waals surface area contributed by atoms with E-state index in [0.717, 1.165) is 69.9 Å². The fourth-order valence-electron chi connectivity index (χ4n) is 7.45. The van der Waals surface area contributed by atoms with Crippen molar-refractivity contribution in [3.63, 3.8) is 0 Å². The topological polar surface area (TPSA) is 56.6 Å². The number of nitrogens with zero attached hydrogens (tertiary/aromatic N) is 3. The van der Waals surface area contributed by atoms with E-state index in [1.807, 2.05) is 6.07 Å². The molecule has 0 radical (unpaired) electrons. The molecule has 0 unspecified atom stereocenters. The Morgan fingerprint density at radius 2 is 1.07 bits per heavy atom. The van der Waals surface area contributed by atoms with Gasteiger partial charge in [0, 0.05) is 65.2 Å². The van der Waals surface area contributed by atoms with Crippen LogP contribution >= 0.6 is 0 Å². The summed E-state index contributed by atoms with van der Waals surface area (Å²) in [5.41, 5.74) is 6.06. The smallest absolute Gasteiger partial charge is 0.154 e. The predicted molar refractivity (Wildman–Crippen MR) is 173 cm³/mol. The van der Waals surface area contributed by atoms with Gasteiger partial charge in [-0.15, -0.1) is 0 Å². The van der Waals surface area contributed by atoms with E-state index in [9.17, 15) is 5.26 Å². The Balaban J connectivity index is 1.26. The molecule has 9 rings (SSSR count). The molecule has 2 aromatic heterocycles. The van der Waals surface area contributed by atoms with E-state index in [1.165, 1.54) is 66.1 Å². The van der Waals surface area contributed by atoms with E-state index in [0.29, 0.717) is 11.1 Å². The summed E-state index contributed by atoms with van der Waals surface area (Å²) in [4.78, 5) is 4.98. The van der Waals surface area contributed by atoms with Gasteiger partial charge < -0.3 is 18.6 Å². The molecule has 5 heteroatoms. The molecule has 0 spiro atoms. The molecule has 2 saturated heterocycles. The van der Waals surface area contributed by atoms with Crippen LogP contribution in [0.2, 0.25) is 0 Å². The van der Waals surface area contributed by atoms with Gasteiger partial charge in [-0.3, -0.25) is 0 Å². The monoisotopic (exact) mass is 549 g/mol. The van der Waals surface area contributed by atoms with Gasteiger partial charge >= 0.3 is 0 Å². The van der Waals surface area contributed by atoms with Crippen molar-refractivity contribution in [1.82, 2.24) is 0 Å². The largest absolute Gasteiger partial charge is 0.456 e. The van der Waals surface area contributed by atoms with E-state index in [2.05, 4.69) is 76.5 Å². The molecule has 4 heterocycles. The summed E-state index contributed by atoms with van der Waals surface area (Å²) in [7, 11) is 0. The second kappa shape index (κ2) is 9.16. The van der Waals surface area contributed by atoms with Gasteiger partial charge in [0.15, 0.2) is 5.58 Å². The molecule has 2 aliphatic heterocycles. The third-order valence-corrected chi connectivity index (χ3v) is 9.62.